The Morgan fingerprint density at radius 2 is 1.67 bits per heavy atom. The van der Waals surface area contributed by atoms with E-state index < -0.39 is 16.0 Å². The zero-order chi connectivity index (χ0) is 17.7. The van der Waals surface area contributed by atoms with E-state index in [0.717, 1.165) is 11.8 Å². The van der Waals surface area contributed by atoms with Crippen molar-refractivity contribution in [3.05, 3.63) is 35.9 Å². The first-order valence-corrected chi connectivity index (χ1v) is 9.62. The minimum absolute atomic E-state index is 0.106. The number of hydrogen-bond acceptors (Lipinski definition) is 4. The fraction of sp³-hybridized carbons (Fsp3) is 0.500. The maximum Gasteiger partial charge on any atom is 0.303 e. The summed E-state index contributed by atoms with van der Waals surface area (Å²) in [7, 11) is -3.24. The summed E-state index contributed by atoms with van der Waals surface area (Å²) in [6.07, 6.45) is 1.15. The summed E-state index contributed by atoms with van der Waals surface area (Å²) >= 11 is 0. The van der Waals surface area contributed by atoms with Crippen molar-refractivity contribution < 1.29 is 23.1 Å². The van der Waals surface area contributed by atoms with Gasteiger partial charge in [-0.15, -0.1) is 0 Å². The van der Waals surface area contributed by atoms with Crippen LogP contribution in [0.1, 0.15) is 24.3 Å². The zero-order valence-corrected chi connectivity index (χ0v) is 14.4. The van der Waals surface area contributed by atoms with Crippen molar-refractivity contribution in [2.75, 3.05) is 32.4 Å². The van der Waals surface area contributed by atoms with E-state index in [4.69, 9.17) is 5.11 Å². The zero-order valence-electron chi connectivity index (χ0n) is 13.6. The highest BCUT2D eigenvalue weighted by Crippen LogP contribution is 2.24. The molecule has 1 amide bonds. The van der Waals surface area contributed by atoms with Gasteiger partial charge in [0.2, 0.25) is 15.9 Å². The van der Waals surface area contributed by atoms with Gasteiger partial charge in [-0.3, -0.25) is 9.59 Å². The maximum absolute atomic E-state index is 12.5. The number of nitrogens with zero attached hydrogens (tertiary/aromatic N) is 2. The van der Waals surface area contributed by atoms with E-state index >= 15 is 0 Å². The molecule has 132 valence electrons. The molecule has 1 atom stereocenters. The Morgan fingerprint density at radius 1 is 1.08 bits per heavy atom. The summed E-state index contributed by atoms with van der Waals surface area (Å²) < 4.78 is 24.4. The monoisotopic (exact) mass is 354 g/mol. The summed E-state index contributed by atoms with van der Waals surface area (Å²) in [5.74, 6) is -1.47. The first-order chi connectivity index (χ1) is 11.3. The van der Waals surface area contributed by atoms with Gasteiger partial charge in [-0.1, -0.05) is 30.3 Å². The molecular formula is C16H22N2O5S. The number of carbonyl (C=O) groups excluding carboxylic acids is 1. The average molecular weight is 354 g/mol. The molecule has 1 aliphatic rings. The van der Waals surface area contributed by atoms with E-state index in [-0.39, 0.29) is 37.8 Å². The molecule has 0 bridgehead atoms. The Labute approximate surface area is 141 Å². The molecule has 24 heavy (non-hydrogen) atoms. The van der Waals surface area contributed by atoms with Crippen molar-refractivity contribution in [2.24, 2.45) is 0 Å². The first kappa shape index (κ1) is 18.4. The van der Waals surface area contributed by atoms with Crippen molar-refractivity contribution >= 4 is 21.9 Å². The smallest absolute Gasteiger partial charge is 0.303 e. The third-order valence-electron chi connectivity index (χ3n) is 4.17. The van der Waals surface area contributed by atoms with Crippen LogP contribution >= 0.6 is 0 Å². The van der Waals surface area contributed by atoms with Crippen LogP contribution in [0.4, 0.5) is 0 Å². The van der Waals surface area contributed by atoms with Crippen LogP contribution in [0.15, 0.2) is 30.3 Å². The third kappa shape index (κ3) is 5.04. The molecular weight excluding hydrogens is 332 g/mol. The van der Waals surface area contributed by atoms with E-state index in [1.54, 1.807) is 4.90 Å². The normalized spacial score (nSPS) is 17.5. The second-order valence-corrected chi connectivity index (χ2v) is 7.93. The minimum atomic E-state index is -3.24. The van der Waals surface area contributed by atoms with Crippen molar-refractivity contribution in [1.29, 1.82) is 0 Å². The Balaban J connectivity index is 2.00. The highest BCUT2D eigenvalue weighted by Gasteiger charge is 2.28. The molecule has 2 rings (SSSR count). The first-order valence-electron chi connectivity index (χ1n) is 7.77. The SMILES string of the molecule is CS(=O)(=O)N1CCN(C(=O)CC(CC(=O)O)c2ccccc2)CC1. The summed E-state index contributed by atoms with van der Waals surface area (Å²) in [5, 5.41) is 9.09. The van der Waals surface area contributed by atoms with E-state index in [9.17, 15) is 18.0 Å². The van der Waals surface area contributed by atoms with Gasteiger partial charge in [0.05, 0.1) is 12.7 Å². The summed E-state index contributed by atoms with van der Waals surface area (Å²) in [4.78, 5) is 25.2. The number of piperazine rings is 1. The van der Waals surface area contributed by atoms with Gasteiger partial charge in [-0.25, -0.2) is 8.42 Å². The van der Waals surface area contributed by atoms with Gasteiger partial charge in [-0.2, -0.15) is 4.31 Å². The number of carboxylic acid groups (broad SMARTS) is 1. The molecule has 1 N–H and O–H groups in total. The van der Waals surface area contributed by atoms with E-state index in [0.29, 0.717) is 13.1 Å². The van der Waals surface area contributed by atoms with Crippen LogP contribution in [0.2, 0.25) is 0 Å². The fourth-order valence-electron chi connectivity index (χ4n) is 2.85. The van der Waals surface area contributed by atoms with Crippen LogP contribution in [0, 0.1) is 0 Å². The Hall–Kier alpha value is -1.93. The lowest BCUT2D eigenvalue weighted by Crippen LogP contribution is -2.50. The van der Waals surface area contributed by atoms with Gasteiger partial charge in [-0.05, 0) is 5.56 Å². The van der Waals surface area contributed by atoms with Crippen LogP contribution in [0.25, 0.3) is 0 Å². The standard InChI is InChI=1S/C16H22N2O5S/c1-24(22,23)18-9-7-17(8-10-18)15(19)11-14(12-16(20)21)13-5-3-2-4-6-13/h2-6,14H,7-12H2,1H3,(H,20,21). The molecule has 0 radical (unpaired) electrons. The number of amides is 1. The Kier molecular flexibility index (Phi) is 5.95. The van der Waals surface area contributed by atoms with Gasteiger partial charge in [0.15, 0.2) is 0 Å². The molecule has 0 spiro atoms. The minimum Gasteiger partial charge on any atom is -0.481 e. The Bertz CT molecular complexity index is 682. The van der Waals surface area contributed by atoms with Crippen LogP contribution in [0.5, 0.6) is 0 Å². The maximum atomic E-state index is 12.5. The molecule has 7 nitrogen and oxygen atoms in total. The van der Waals surface area contributed by atoms with Crippen molar-refractivity contribution in [3.8, 4) is 0 Å². The third-order valence-corrected chi connectivity index (χ3v) is 5.48. The molecule has 1 fully saturated rings. The molecule has 0 aliphatic carbocycles. The lowest BCUT2D eigenvalue weighted by atomic mass is 9.92. The molecule has 1 aromatic carbocycles. The number of benzene rings is 1. The number of rotatable bonds is 6. The molecule has 1 heterocycles. The molecule has 0 aromatic heterocycles. The number of hydrogen-bond donors (Lipinski definition) is 1. The lowest BCUT2D eigenvalue weighted by molar-refractivity contribution is -0.138. The highest BCUT2D eigenvalue weighted by molar-refractivity contribution is 7.88. The quantitative estimate of drug-likeness (QED) is 0.813. The van der Waals surface area contributed by atoms with E-state index in [2.05, 4.69) is 0 Å². The van der Waals surface area contributed by atoms with E-state index in [1.807, 2.05) is 30.3 Å². The van der Waals surface area contributed by atoms with Gasteiger partial charge >= 0.3 is 5.97 Å². The van der Waals surface area contributed by atoms with Gasteiger partial charge < -0.3 is 10.0 Å². The topological polar surface area (TPSA) is 95.0 Å². The van der Waals surface area contributed by atoms with Gasteiger partial charge in [0.25, 0.3) is 0 Å². The van der Waals surface area contributed by atoms with Crippen molar-refractivity contribution in [1.82, 2.24) is 9.21 Å². The summed E-state index contributed by atoms with van der Waals surface area (Å²) in [6, 6.07) is 9.12. The number of sulfonamides is 1. The second-order valence-electron chi connectivity index (χ2n) is 5.95. The largest absolute Gasteiger partial charge is 0.481 e. The van der Waals surface area contributed by atoms with Crippen LogP contribution in [-0.4, -0.2) is 67.0 Å². The second kappa shape index (κ2) is 7.76. The van der Waals surface area contributed by atoms with Crippen LogP contribution in [0.3, 0.4) is 0 Å². The van der Waals surface area contributed by atoms with Crippen molar-refractivity contribution in [3.63, 3.8) is 0 Å². The predicted molar refractivity (Wildman–Crippen MR) is 89.0 cm³/mol. The van der Waals surface area contributed by atoms with Crippen molar-refractivity contribution in [2.45, 2.75) is 18.8 Å². The molecule has 8 heteroatoms. The van der Waals surface area contributed by atoms with Gasteiger partial charge in [0, 0.05) is 38.5 Å². The number of carboxylic acids is 1. The summed E-state index contributed by atoms with van der Waals surface area (Å²) in [5.41, 5.74) is 0.822. The summed E-state index contributed by atoms with van der Waals surface area (Å²) in [6.45, 7) is 1.22. The Morgan fingerprint density at radius 3 is 2.17 bits per heavy atom. The lowest BCUT2D eigenvalue weighted by Gasteiger charge is -2.34. The van der Waals surface area contributed by atoms with Gasteiger partial charge in [0.1, 0.15) is 0 Å². The molecule has 0 saturated carbocycles. The number of carbonyl (C=O) groups is 2. The van der Waals surface area contributed by atoms with Crippen LogP contribution in [-0.2, 0) is 19.6 Å². The molecule has 1 aromatic rings. The molecule has 1 saturated heterocycles. The fourth-order valence-corrected chi connectivity index (χ4v) is 3.68. The number of aliphatic carboxylic acids is 1. The van der Waals surface area contributed by atoms with E-state index in [1.165, 1.54) is 4.31 Å². The average Bonchev–Trinajstić information content (AvgIpc) is 2.54. The molecule has 1 aliphatic heterocycles. The van der Waals surface area contributed by atoms with Crippen LogP contribution < -0.4 is 0 Å². The molecule has 1 unspecified atom stereocenters. The predicted octanol–water partition coefficient (Wildman–Crippen LogP) is 0.739. The highest BCUT2D eigenvalue weighted by atomic mass is 32.2.